The van der Waals surface area contributed by atoms with E-state index < -0.39 is 19.0 Å². The SMILES string of the molecule is CC(C)C(=O)Nc1nccc2nn(Cc3ccc(OCC(F)(F)C(F)F)cn3)cc12. The Hall–Kier alpha value is -3.24. The first kappa shape index (κ1) is 21.5. The van der Waals surface area contributed by atoms with Crippen LogP contribution < -0.4 is 10.1 Å². The molecule has 3 heterocycles. The number of aromatic nitrogens is 4. The van der Waals surface area contributed by atoms with Crippen LogP contribution in [0, 0.1) is 5.92 Å². The average Bonchev–Trinajstić information content (AvgIpc) is 3.10. The number of hydrogen-bond acceptors (Lipinski definition) is 5. The number of nitrogens with one attached hydrogen (secondary N) is 1. The van der Waals surface area contributed by atoms with Crippen LogP contribution in [-0.4, -0.2) is 44.6 Å². The van der Waals surface area contributed by atoms with E-state index in [0.29, 0.717) is 22.4 Å². The molecule has 0 fully saturated rings. The number of hydrogen-bond donors (Lipinski definition) is 1. The summed E-state index contributed by atoms with van der Waals surface area (Å²) in [5.74, 6) is -4.26. The Balaban J connectivity index is 1.70. The minimum absolute atomic E-state index is 0.0485. The summed E-state index contributed by atoms with van der Waals surface area (Å²) in [7, 11) is 0. The Kier molecular flexibility index (Phi) is 6.18. The fourth-order valence-corrected chi connectivity index (χ4v) is 2.43. The molecule has 3 rings (SSSR count). The van der Waals surface area contributed by atoms with Crippen molar-refractivity contribution in [2.45, 2.75) is 32.7 Å². The largest absolute Gasteiger partial charge is 0.485 e. The van der Waals surface area contributed by atoms with Gasteiger partial charge in [-0.2, -0.15) is 13.9 Å². The molecule has 30 heavy (non-hydrogen) atoms. The molecule has 0 saturated carbocycles. The lowest BCUT2D eigenvalue weighted by Crippen LogP contribution is -2.33. The summed E-state index contributed by atoms with van der Waals surface area (Å²) in [6.07, 6.45) is 0.613. The Labute approximate surface area is 169 Å². The molecule has 11 heteroatoms. The molecule has 0 atom stereocenters. The van der Waals surface area contributed by atoms with Crippen molar-refractivity contribution < 1.29 is 27.1 Å². The fourth-order valence-electron chi connectivity index (χ4n) is 2.43. The number of anilines is 1. The quantitative estimate of drug-likeness (QED) is 0.556. The van der Waals surface area contributed by atoms with Crippen LogP contribution in [0.4, 0.5) is 23.4 Å². The van der Waals surface area contributed by atoms with Gasteiger partial charge in [-0.3, -0.25) is 14.5 Å². The average molecular weight is 425 g/mol. The van der Waals surface area contributed by atoms with Crippen molar-refractivity contribution in [3.8, 4) is 5.75 Å². The molecule has 0 unspecified atom stereocenters. The van der Waals surface area contributed by atoms with Crippen LogP contribution in [0.2, 0.25) is 0 Å². The second kappa shape index (κ2) is 8.64. The molecule has 0 bridgehead atoms. The van der Waals surface area contributed by atoms with Crippen molar-refractivity contribution in [3.05, 3.63) is 42.5 Å². The Morgan fingerprint density at radius 3 is 2.63 bits per heavy atom. The second-order valence-corrected chi connectivity index (χ2v) is 6.90. The second-order valence-electron chi connectivity index (χ2n) is 6.90. The number of nitrogens with zero attached hydrogens (tertiary/aromatic N) is 4. The monoisotopic (exact) mass is 425 g/mol. The van der Waals surface area contributed by atoms with E-state index in [9.17, 15) is 22.4 Å². The summed E-state index contributed by atoms with van der Waals surface area (Å²) in [6.45, 7) is 2.35. The smallest absolute Gasteiger partial charge is 0.340 e. The van der Waals surface area contributed by atoms with Gasteiger partial charge in [0.2, 0.25) is 5.91 Å². The molecule has 0 aliphatic carbocycles. The van der Waals surface area contributed by atoms with Gasteiger partial charge in [-0.15, -0.1) is 0 Å². The van der Waals surface area contributed by atoms with Crippen LogP contribution in [-0.2, 0) is 11.3 Å². The number of ether oxygens (including phenoxy) is 1. The zero-order valence-corrected chi connectivity index (χ0v) is 16.2. The number of rotatable bonds is 8. The van der Waals surface area contributed by atoms with Crippen molar-refractivity contribution in [3.63, 3.8) is 0 Å². The number of carbonyl (C=O) groups excluding carboxylic acids is 1. The number of amides is 1. The maximum atomic E-state index is 12.9. The van der Waals surface area contributed by atoms with Crippen LogP contribution >= 0.6 is 0 Å². The van der Waals surface area contributed by atoms with Crippen LogP contribution in [0.15, 0.2) is 36.8 Å². The molecular weight excluding hydrogens is 406 g/mol. The number of pyridine rings is 2. The summed E-state index contributed by atoms with van der Waals surface area (Å²) in [5, 5.41) is 7.81. The van der Waals surface area contributed by atoms with Crippen molar-refractivity contribution in [2.75, 3.05) is 11.9 Å². The van der Waals surface area contributed by atoms with E-state index in [4.69, 9.17) is 4.74 Å². The first-order chi connectivity index (χ1) is 14.2. The Morgan fingerprint density at radius 1 is 1.23 bits per heavy atom. The van der Waals surface area contributed by atoms with Gasteiger partial charge in [0, 0.05) is 18.3 Å². The number of halogens is 4. The molecular formula is C19H19F4N5O2. The van der Waals surface area contributed by atoms with Crippen LogP contribution in [0.3, 0.4) is 0 Å². The lowest BCUT2D eigenvalue weighted by Gasteiger charge is -2.15. The molecule has 0 spiro atoms. The zero-order valence-electron chi connectivity index (χ0n) is 16.2. The fraction of sp³-hybridized carbons (Fsp3) is 0.368. The number of carbonyl (C=O) groups is 1. The third-order valence-electron chi connectivity index (χ3n) is 4.12. The Morgan fingerprint density at radius 2 is 2.00 bits per heavy atom. The van der Waals surface area contributed by atoms with E-state index in [1.807, 2.05) is 0 Å². The van der Waals surface area contributed by atoms with Gasteiger partial charge in [-0.25, -0.2) is 13.8 Å². The standard InChI is InChI=1S/C19H19F4N5O2/c1-11(2)17(29)26-16-14-9-28(27-15(14)5-6-24-16)8-12-3-4-13(7-25-12)30-10-19(22,23)18(20)21/h3-7,9,11,18H,8,10H2,1-2H3,(H,24,26,29). The van der Waals surface area contributed by atoms with Crippen LogP contribution in [0.1, 0.15) is 19.5 Å². The number of fused-ring (bicyclic) bond motifs is 1. The maximum absolute atomic E-state index is 12.9. The van der Waals surface area contributed by atoms with Gasteiger partial charge in [0.25, 0.3) is 0 Å². The van der Waals surface area contributed by atoms with Crippen molar-refractivity contribution in [1.29, 1.82) is 0 Å². The van der Waals surface area contributed by atoms with Gasteiger partial charge in [0.15, 0.2) is 6.61 Å². The summed E-state index contributed by atoms with van der Waals surface area (Å²) in [6, 6.07) is 4.58. The molecule has 1 amide bonds. The molecule has 0 radical (unpaired) electrons. The van der Waals surface area contributed by atoms with Crippen molar-refractivity contribution >= 4 is 22.6 Å². The normalized spacial score (nSPS) is 12.0. The first-order valence-corrected chi connectivity index (χ1v) is 9.02. The molecule has 3 aromatic rings. The Bertz CT molecular complexity index is 1020. The predicted octanol–water partition coefficient (Wildman–Crippen LogP) is 3.75. The first-order valence-electron chi connectivity index (χ1n) is 9.02. The lowest BCUT2D eigenvalue weighted by atomic mass is 10.2. The minimum Gasteiger partial charge on any atom is -0.485 e. The van der Waals surface area contributed by atoms with Crippen molar-refractivity contribution in [1.82, 2.24) is 19.7 Å². The van der Waals surface area contributed by atoms with E-state index in [-0.39, 0.29) is 24.1 Å². The third kappa shape index (κ3) is 5.02. The van der Waals surface area contributed by atoms with E-state index >= 15 is 0 Å². The van der Waals surface area contributed by atoms with Crippen LogP contribution in [0.5, 0.6) is 5.75 Å². The van der Waals surface area contributed by atoms with Gasteiger partial charge in [-0.05, 0) is 18.2 Å². The highest BCUT2D eigenvalue weighted by Gasteiger charge is 2.41. The highest BCUT2D eigenvalue weighted by Crippen LogP contribution is 2.24. The highest BCUT2D eigenvalue weighted by molar-refractivity contribution is 5.99. The topological polar surface area (TPSA) is 81.9 Å². The molecule has 160 valence electrons. The summed E-state index contributed by atoms with van der Waals surface area (Å²) >= 11 is 0. The predicted molar refractivity (Wildman–Crippen MR) is 101 cm³/mol. The maximum Gasteiger partial charge on any atom is 0.340 e. The van der Waals surface area contributed by atoms with Gasteiger partial charge in [0.1, 0.15) is 11.6 Å². The van der Waals surface area contributed by atoms with E-state index in [2.05, 4.69) is 20.4 Å². The van der Waals surface area contributed by atoms with E-state index in [0.717, 1.165) is 0 Å². The molecule has 0 aliphatic rings. The van der Waals surface area contributed by atoms with Crippen molar-refractivity contribution in [2.24, 2.45) is 5.92 Å². The summed E-state index contributed by atoms with van der Waals surface area (Å²) < 4.78 is 56.4. The molecule has 0 aliphatic heterocycles. The molecule has 0 saturated heterocycles. The molecule has 7 nitrogen and oxygen atoms in total. The van der Waals surface area contributed by atoms with Crippen LogP contribution in [0.25, 0.3) is 10.9 Å². The van der Waals surface area contributed by atoms with E-state index in [1.54, 1.807) is 30.8 Å². The summed E-state index contributed by atoms with van der Waals surface area (Å²) in [5.41, 5.74) is 1.16. The molecule has 3 aromatic heterocycles. The molecule has 0 aromatic carbocycles. The van der Waals surface area contributed by atoms with Gasteiger partial charge >= 0.3 is 12.3 Å². The third-order valence-corrected chi connectivity index (χ3v) is 4.12. The highest BCUT2D eigenvalue weighted by atomic mass is 19.3. The summed E-state index contributed by atoms with van der Waals surface area (Å²) in [4.78, 5) is 20.2. The lowest BCUT2D eigenvalue weighted by molar-refractivity contribution is -0.148. The minimum atomic E-state index is -4.23. The number of alkyl halides is 4. The van der Waals surface area contributed by atoms with Gasteiger partial charge in [-0.1, -0.05) is 13.8 Å². The zero-order chi connectivity index (χ0) is 21.9. The van der Waals surface area contributed by atoms with E-state index in [1.165, 1.54) is 24.5 Å². The van der Waals surface area contributed by atoms with Gasteiger partial charge in [0.05, 0.1) is 29.3 Å². The van der Waals surface area contributed by atoms with Gasteiger partial charge < -0.3 is 10.1 Å². The molecule has 1 N–H and O–H groups in total.